The molecule has 1 aliphatic rings. The minimum absolute atomic E-state index is 0.129. The number of amides is 1. The van der Waals surface area contributed by atoms with Gasteiger partial charge >= 0.3 is 0 Å². The predicted octanol–water partition coefficient (Wildman–Crippen LogP) is 1.34. The maximum atomic E-state index is 12.6. The van der Waals surface area contributed by atoms with Gasteiger partial charge in [0.25, 0.3) is 5.91 Å². The SMILES string of the molecule is CNc1cc(-c2cccc(C(=O)NCCN3CCCCC3CO)c2)nc(N)n1. The van der Waals surface area contributed by atoms with Crippen LogP contribution in [0.2, 0.25) is 0 Å². The third-order valence-electron chi connectivity index (χ3n) is 5.06. The van der Waals surface area contributed by atoms with Gasteiger partial charge in [0.2, 0.25) is 5.95 Å². The second-order valence-corrected chi connectivity index (χ2v) is 6.95. The number of nitrogens with two attached hydrogens (primary N) is 1. The summed E-state index contributed by atoms with van der Waals surface area (Å²) in [5.41, 5.74) is 7.79. The second kappa shape index (κ2) is 9.48. The highest BCUT2D eigenvalue weighted by Crippen LogP contribution is 2.21. The van der Waals surface area contributed by atoms with Crippen molar-refractivity contribution in [3.63, 3.8) is 0 Å². The Morgan fingerprint density at radius 3 is 2.96 bits per heavy atom. The van der Waals surface area contributed by atoms with Crippen LogP contribution in [0, 0.1) is 0 Å². The number of hydrogen-bond acceptors (Lipinski definition) is 7. The zero-order valence-corrected chi connectivity index (χ0v) is 16.2. The van der Waals surface area contributed by atoms with Crippen molar-refractivity contribution in [1.82, 2.24) is 20.2 Å². The monoisotopic (exact) mass is 384 g/mol. The van der Waals surface area contributed by atoms with E-state index in [4.69, 9.17) is 5.73 Å². The van der Waals surface area contributed by atoms with E-state index in [1.165, 1.54) is 0 Å². The molecule has 8 nitrogen and oxygen atoms in total. The molecule has 1 aromatic heterocycles. The van der Waals surface area contributed by atoms with Crippen molar-refractivity contribution in [2.75, 3.05) is 44.3 Å². The van der Waals surface area contributed by atoms with E-state index in [0.717, 1.165) is 37.9 Å². The van der Waals surface area contributed by atoms with Crippen LogP contribution >= 0.6 is 0 Å². The van der Waals surface area contributed by atoms with Crippen LogP contribution in [0.3, 0.4) is 0 Å². The van der Waals surface area contributed by atoms with Crippen LogP contribution in [0.5, 0.6) is 0 Å². The summed E-state index contributed by atoms with van der Waals surface area (Å²) in [6.45, 7) is 2.43. The Labute approximate surface area is 165 Å². The topological polar surface area (TPSA) is 116 Å². The van der Waals surface area contributed by atoms with Gasteiger partial charge in [-0.25, -0.2) is 4.98 Å². The zero-order chi connectivity index (χ0) is 19.9. The lowest BCUT2D eigenvalue weighted by atomic mass is 10.0. The van der Waals surface area contributed by atoms with Gasteiger partial charge in [-0.15, -0.1) is 0 Å². The normalized spacial score (nSPS) is 17.3. The number of piperidine rings is 1. The van der Waals surface area contributed by atoms with Gasteiger partial charge in [-0.1, -0.05) is 18.6 Å². The summed E-state index contributed by atoms with van der Waals surface area (Å²) >= 11 is 0. The summed E-state index contributed by atoms with van der Waals surface area (Å²) in [6, 6.07) is 9.29. The van der Waals surface area contributed by atoms with Crippen molar-refractivity contribution >= 4 is 17.7 Å². The van der Waals surface area contributed by atoms with Crippen LogP contribution in [-0.2, 0) is 0 Å². The van der Waals surface area contributed by atoms with Gasteiger partial charge in [-0.2, -0.15) is 4.98 Å². The minimum Gasteiger partial charge on any atom is -0.395 e. The molecule has 1 unspecified atom stereocenters. The largest absolute Gasteiger partial charge is 0.395 e. The van der Waals surface area contributed by atoms with Crippen LogP contribution in [0.4, 0.5) is 11.8 Å². The average molecular weight is 384 g/mol. The van der Waals surface area contributed by atoms with Gasteiger partial charge in [0.05, 0.1) is 12.3 Å². The molecule has 1 saturated heterocycles. The summed E-state index contributed by atoms with van der Waals surface area (Å²) in [5.74, 6) is 0.671. The molecule has 1 fully saturated rings. The molecule has 1 aliphatic heterocycles. The van der Waals surface area contributed by atoms with E-state index in [-0.39, 0.29) is 24.5 Å². The van der Waals surface area contributed by atoms with Gasteiger partial charge < -0.3 is 21.5 Å². The molecule has 0 bridgehead atoms. The van der Waals surface area contributed by atoms with Gasteiger partial charge in [-0.05, 0) is 31.5 Å². The van der Waals surface area contributed by atoms with Crippen molar-refractivity contribution in [3.05, 3.63) is 35.9 Å². The Bertz CT molecular complexity index is 813. The van der Waals surface area contributed by atoms with Crippen molar-refractivity contribution in [1.29, 1.82) is 0 Å². The van der Waals surface area contributed by atoms with E-state index in [2.05, 4.69) is 25.5 Å². The standard InChI is InChI=1S/C20H28N6O2/c1-22-18-12-17(24-20(21)25-18)14-5-4-6-15(11-14)19(28)23-8-10-26-9-3-2-7-16(26)13-27/h4-6,11-12,16,27H,2-3,7-10,13H2,1H3,(H,23,28)(H3,21,22,24,25). The van der Waals surface area contributed by atoms with E-state index in [1.54, 1.807) is 25.2 Å². The van der Waals surface area contributed by atoms with Crippen molar-refractivity contribution < 1.29 is 9.90 Å². The number of aliphatic hydroxyl groups excluding tert-OH is 1. The minimum atomic E-state index is -0.129. The quantitative estimate of drug-likeness (QED) is 0.569. The Hall–Kier alpha value is -2.71. The Morgan fingerprint density at radius 1 is 1.32 bits per heavy atom. The van der Waals surface area contributed by atoms with Crippen LogP contribution in [0.15, 0.2) is 30.3 Å². The summed E-state index contributed by atoms with van der Waals surface area (Å²) in [6.07, 6.45) is 3.32. The number of carbonyl (C=O) groups excluding carboxylic acids is 1. The first-order chi connectivity index (χ1) is 13.6. The van der Waals surface area contributed by atoms with E-state index in [9.17, 15) is 9.90 Å². The number of hydrogen-bond donors (Lipinski definition) is 4. The fourth-order valence-corrected chi connectivity index (χ4v) is 3.54. The lowest BCUT2D eigenvalue weighted by molar-refractivity contribution is 0.0849. The van der Waals surface area contributed by atoms with Crippen molar-refractivity contribution in [2.45, 2.75) is 25.3 Å². The number of likely N-dealkylation sites (tertiary alicyclic amines) is 1. The molecule has 0 spiro atoms. The molecule has 150 valence electrons. The number of anilines is 2. The van der Waals surface area contributed by atoms with E-state index < -0.39 is 0 Å². The molecule has 3 rings (SSSR count). The van der Waals surface area contributed by atoms with E-state index in [0.29, 0.717) is 23.6 Å². The Balaban J connectivity index is 1.63. The molecule has 2 heterocycles. The molecule has 0 radical (unpaired) electrons. The number of rotatable bonds is 7. The van der Waals surface area contributed by atoms with Crippen LogP contribution < -0.4 is 16.4 Å². The van der Waals surface area contributed by atoms with Crippen LogP contribution in [0.1, 0.15) is 29.6 Å². The fraction of sp³-hybridized carbons (Fsp3) is 0.450. The van der Waals surface area contributed by atoms with Gasteiger partial charge in [0.15, 0.2) is 0 Å². The van der Waals surface area contributed by atoms with Crippen molar-refractivity contribution in [3.8, 4) is 11.3 Å². The highest BCUT2D eigenvalue weighted by Gasteiger charge is 2.21. The smallest absolute Gasteiger partial charge is 0.251 e. The molecule has 1 aromatic carbocycles. The molecular weight excluding hydrogens is 356 g/mol. The van der Waals surface area contributed by atoms with Crippen molar-refractivity contribution in [2.24, 2.45) is 0 Å². The number of benzene rings is 1. The third kappa shape index (κ3) is 4.96. The third-order valence-corrected chi connectivity index (χ3v) is 5.06. The average Bonchev–Trinajstić information content (AvgIpc) is 2.73. The number of nitrogens with zero attached hydrogens (tertiary/aromatic N) is 3. The number of nitrogens with one attached hydrogen (secondary N) is 2. The first-order valence-electron chi connectivity index (χ1n) is 9.66. The summed E-state index contributed by atoms with van der Waals surface area (Å²) in [4.78, 5) is 23.2. The van der Waals surface area contributed by atoms with Crippen LogP contribution in [-0.4, -0.2) is 65.2 Å². The van der Waals surface area contributed by atoms with E-state index >= 15 is 0 Å². The molecule has 5 N–H and O–H groups in total. The fourth-order valence-electron chi connectivity index (χ4n) is 3.54. The number of aliphatic hydroxyl groups is 1. The highest BCUT2D eigenvalue weighted by molar-refractivity contribution is 5.95. The highest BCUT2D eigenvalue weighted by atomic mass is 16.3. The number of aromatic nitrogens is 2. The predicted molar refractivity (Wildman–Crippen MR) is 110 cm³/mol. The molecule has 1 atom stereocenters. The van der Waals surface area contributed by atoms with Gasteiger partial charge in [-0.3, -0.25) is 9.69 Å². The summed E-state index contributed by atoms with van der Waals surface area (Å²) in [5, 5.41) is 15.4. The Morgan fingerprint density at radius 2 is 2.18 bits per heavy atom. The molecule has 28 heavy (non-hydrogen) atoms. The first kappa shape index (κ1) is 20.0. The van der Waals surface area contributed by atoms with E-state index in [1.807, 2.05) is 12.1 Å². The summed E-state index contributed by atoms with van der Waals surface area (Å²) in [7, 11) is 1.76. The lowest BCUT2D eigenvalue weighted by Gasteiger charge is -2.34. The first-order valence-corrected chi connectivity index (χ1v) is 9.66. The van der Waals surface area contributed by atoms with Gasteiger partial charge in [0.1, 0.15) is 5.82 Å². The van der Waals surface area contributed by atoms with Gasteiger partial charge in [0, 0.05) is 43.4 Å². The molecule has 8 heteroatoms. The molecule has 0 saturated carbocycles. The zero-order valence-electron chi connectivity index (χ0n) is 16.2. The molecule has 1 amide bonds. The molecule has 0 aliphatic carbocycles. The molecule has 2 aromatic rings. The maximum absolute atomic E-state index is 12.6. The Kier molecular flexibility index (Phi) is 6.78. The van der Waals surface area contributed by atoms with Crippen LogP contribution in [0.25, 0.3) is 11.3 Å². The summed E-state index contributed by atoms with van der Waals surface area (Å²) < 4.78 is 0. The number of carbonyl (C=O) groups is 1. The number of nitrogen functional groups attached to an aromatic ring is 1. The molecular formula is C20H28N6O2. The second-order valence-electron chi connectivity index (χ2n) is 6.95. The lowest BCUT2D eigenvalue weighted by Crippen LogP contribution is -2.45. The maximum Gasteiger partial charge on any atom is 0.251 e.